The third-order valence-electron chi connectivity index (χ3n) is 3.41. The molecule has 128 valence electrons. The predicted molar refractivity (Wildman–Crippen MR) is 79.9 cm³/mol. The highest BCUT2D eigenvalue weighted by atomic mass is 19.4. The maximum absolute atomic E-state index is 13.2. The Kier molecular flexibility index (Phi) is 5.56. The van der Waals surface area contributed by atoms with Crippen LogP contribution in [0.15, 0.2) is 48.5 Å². The minimum absolute atomic E-state index is 0.00493. The van der Waals surface area contributed by atoms with Crippen molar-refractivity contribution in [2.24, 2.45) is 0 Å². The summed E-state index contributed by atoms with van der Waals surface area (Å²) in [4.78, 5) is 12.0. The van der Waals surface area contributed by atoms with Crippen molar-refractivity contribution >= 4 is 5.91 Å². The van der Waals surface area contributed by atoms with E-state index in [2.05, 4.69) is 5.32 Å². The number of rotatable bonds is 5. The Morgan fingerprint density at radius 1 is 1.17 bits per heavy atom. The molecule has 2 aromatic rings. The molecule has 0 aliphatic carbocycles. The average Bonchev–Trinajstić information content (AvgIpc) is 2.54. The monoisotopic (exact) mass is 341 g/mol. The van der Waals surface area contributed by atoms with Gasteiger partial charge < -0.3 is 10.1 Å². The lowest BCUT2D eigenvalue weighted by atomic mass is 10.1. The summed E-state index contributed by atoms with van der Waals surface area (Å²) in [6, 6.07) is 9.80. The Hall–Kier alpha value is -2.41. The van der Waals surface area contributed by atoms with Crippen LogP contribution in [0.3, 0.4) is 0 Å². The van der Waals surface area contributed by atoms with E-state index in [1.807, 2.05) is 0 Å². The van der Waals surface area contributed by atoms with Crippen molar-refractivity contribution in [3.8, 4) is 0 Å². The van der Waals surface area contributed by atoms with E-state index >= 15 is 0 Å². The van der Waals surface area contributed by atoms with Crippen LogP contribution in [-0.4, -0.2) is 19.6 Å². The number of ether oxygens (including phenoxy) is 1. The molecule has 0 aliphatic heterocycles. The topological polar surface area (TPSA) is 38.3 Å². The summed E-state index contributed by atoms with van der Waals surface area (Å²) in [5.41, 5.74) is -0.496. The van der Waals surface area contributed by atoms with E-state index in [-0.39, 0.29) is 12.1 Å². The van der Waals surface area contributed by atoms with Gasteiger partial charge in [-0.1, -0.05) is 18.2 Å². The number of halogens is 4. The number of methoxy groups -OCH3 is 1. The van der Waals surface area contributed by atoms with Crippen LogP contribution in [0, 0.1) is 5.82 Å². The van der Waals surface area contributed by atoms with Crippen molar-refractivity contribution in [1.82, 2.24) is 5.32 Å². The summed E-state index contributed by atoms with van der Waals surface area (Å²) in [6.07, 6.45) is -5.14. The number of carbonyl (C=O) groups excluding carboxylic acids is 1. The smallest absolute Gasteiger partial charge is 0.375 e. The minimum atomic E-state index is -4.52. The second kappa shape index (κ2) is 7.44. The van der Waals surface area contributed by atoms with Gasteiger partial charge in [0.15, 0.2) is 0 Å². The molecule has 0 saturated carbocycles. The van der Waals surface area contributed by atoms with Crippen LogP contribution in [0.1, 0.15) is 27.6 Å². The largest absolute Gasteiger partial charge is 0.416 e. The summed E-state index contributed by atoms with van der Waals surface area (Å²) in [5, 5.41) is 2.49. The Morgan fingerprint density at radius 2 is 1.88 bits per heavy atom. The van der Waals surface area contributed by atoms with Gasteiger partial charge in [0.05, 0.1) is 11.7 Å². The Labute approximate surface area is 136 Å². The molecule has 0 aliphatic rings. The number of benzene rings is 2. The van der Waals surface area contributed by atoms with Crippen LogP contribution < -0.4 is 5.32 Å². The molecule has 0 bridgehead atoms. The first-order valence-electron chi connectivity index (χ1n) is 7.05. The van der Waals surface area contributed by atoms with E-state index in [0.717, 1.165) is 18.2 Å². The molecule has 3 nitrogen and oxygen atoms in total. The van der Waals surface area contributed by atoms with Gasteiger partial charge >= 0.3 is 6.18 Å². The third-order valence-corrected chi connectivity index (χ3v) is 3.41. The number of hydrogen-bond acceptors (Lipinski definition) is 2. The summed E-state index contributed by atoms with van der Waals surface area (Å²) in [6.45, 7) is -0.00493. The zero-order chi connectivity index (χ0) is 17.7. The van der Waals surface area contributed by atoms with Crippen LogP contribution in [0.5, 0.6) is 0 Å². The van der Waals surface area contributed by atoms with Gasteiger partial charge in [-0.25, -0.2) is 4.39 Å². The minimum Gasteiger partial charge on any atom is -0.375 e. The highest BCUT2D eigenvalue weighted by Gasteiger charge is 2.30. The van der Waals surface area contributed by atoms with Crippen LogP contribution in [0.25, 0.3) is 0 Å². The molecule has 0 aromatic heterocycles. The maximum atomic E-state index is 13.2. The second-order valence-corrected chi connectivity index (χ2v) is 5.07. The summed E-state index contributed by atoms with van der Waals surface area (Å²) in [5.74, 6) is -1.11. The summed E-state index contributed by atoms with van der Waals surface area (Å²) in [7, 11) is 1.39. The number of amides is 1. The molecule has 0 radical (unpaired) electrons. The average molecular weight is 341 g/mol. The van der Waals surface area contributed by atoms with E-state index < -0.39 is 29.6 Å². The lowest BCUT2D eigenvalue weighted by Crippen LogP contribution is -2.29. The zero-order valence-electron chi connectivity index (χ0n) is 12.7. The zero-order valence-corrected chi connectivity index (χ0v) is 12.7. The van der Waals surface area contributed by atoms with Gasteiger partial charge in [-0.05, 0) is 35.9 Å². The molecule has 7 heteroatoms. The predicted octanol–water partition coefficient (Wildman–Crippen LogP) is 3.96. The molecule has 1 N–H and O–H groups in total. The summed E-state index contributed by atoms with van der Waals surface area (Å²) < 4.78 is 56.4. The first-order valence-corrected chi connectivity index (χ1v) is 7.05. The number of alkyl halides is 3. The Morgan fingerprint density at radius 3 is 2.50 bits per heavy atom. The normalized spacial score (nSPS) is 12.7. The highest BCUT2D eigenvalue weighted by Crippen LogP contribution is 2.29. The fourth-order valence-corrected chi connectivity index (χ4v) is 2.17. The van der Waals surface area contributed by atoms with Crippen LogP contribution in [0.2, 0.25) is 0 Å². The Bertz CT molecular complexity index is 716. The van der Waals surface area contributed by atoms with Crippen LogP contribution >= 0.6 is 0 Å². The molecule has 2 aromatic carbocycles. The maximum Gasteiger partial charge on any atom is 0.416 e. The quantitative estimate of drug-likeness (QED) is 0.836. The molecule has 1 atom stereocenters. The first kappa shape index (κ1) is 17.9. The van der Waals surface area contributed by atoms with Gasteiger partial charge in [0.25, 0.3) is 5.91 Å². The Balaban J connectivity index is 2.07. The van der Waals surface area contributed by atoms with Gasteiger partial charge in [-0.15, -0.1) is 0 Å². The van der Waals surface area contributed by atoms with Gasteiger partial charge in [0.2, 0.25) is 0 Å². The van der Waals surface area contributed by atoms with Crippen LogP contribution in [-0.2, 0) is 10.9 Å². The molecule has 24 heavy (non-hydrogen) atoms. The fraction of sp³-hybridized carbons (Fsp3) is 0.235. The standard InChI is InChI=1S/C17H15F4NO2/c1-24-15(11-4-3-7-14(18)9-11)10-22-16(23)12-5-2-6-13(8-12)17(19,20)21/h2-9,15H,10H2,1H3,(H,22,23)/t15-/m1/s1. The lowest BCUT2D eigenvalue weighted by Gasteiger charge is -2.17. The second-order valence-electron chi connectivity index (χ2n) is 5.07. The molecule has 0 heterocycles. The molecule has 0 saturated heterocycles. The number of hydrogen-bond donors (Lipinski definition) is 1. The molecule has 0 unspecified atom stereocenters. The molecule has 0 fully saturated rings. The van der Waals surface area contributed by atoms with Crippen LogP contribution in [0.4, 0.5) is 17.6 Å². The molecule has 0 spiro atoms. The van der Waals surface area contributed by atoms with E-state index in [1.165, 1.54) is 31.4 Å². The van der Waals surface area contributed by atoms with E-state index in [4.69, 9.17) is 4.74 Å². The first-order chi connectivity index (χ1) is 11.3. The molecular weight excluding hydrogens is 326 g/mol. The van der Waals surface area contributed by atoms with Gasteiger partial charge in [-0.3, -0.25) is 4.79 Å². The third kappa shape index (κ3) is 4.55. The van der Waals surface area contributed by atoms with Crippen molar-refractivity contribution in [2.75, 3.05) is 13.7 Å². The number of carbonyl (C=O) groups is 1. The lowest BCUT2D eigenvalue weighted by molar-refractivity contribution is -0.137. The van der Waals surface area contributed by atoms with Gasteiger partial charge in [-0.2, -0.15) is 13.2 Å². The molecular formula is C17H15F4NO2. The van der Waals surface area contributed by atoms with Gasteiger partial charge in [0.1, 0.15) is 5.82 Å². The van der Waals surface area contributed by atoms with E-state index in [1.54, 1.807) is 6.07 Å². The van der Waals surface area contributed by atoms with Crippen molar-refractivity contribution in [2.45, 2.75) is 12.3 Å². The molecule has 1 amide bonds. The molecule has 2 rings (SSSR count). The van der Waals surface area contributed by atoms with Crippen molar-refractivity contribution < 1.29 is 27.1 Å². The van der Waals surface area contributed by atoms with E-state index in [9.17, 15) is 22.4 Å². The fourth-order valence-electron chi connectivity index (χ4n) is 2.17. The summed E-state index contributed by atoms with van der Waals surface area (Å²) >= 11 is 0. The van der Waals surface area contributed by atoms with E-state index in [0.29, 0.717) is 5.56 Å². The van der Waals surface area contributed by atoms with Gasteiger partial charge in [0, 0.05) is 19.2 Å². The SMILES string of the molecule is CO[C@H](CNC(=O)c1cccc(C(F)(F)F)c1)c1cccc(F)c1. The highest BCUT2D eigenvalue weighted by molar-refractivity contribution is 5.94. The number of nitrogens with one attached hydrogen (secondary N) is 1. The van der Waals surface area contributed by atoms with Crippen molar-refractivity contribution in [1.29, 1.82) is 0 Å². The van der Waals surface area contributed by atoms with Crippen molar-refractivity contribution in [3.05, 3.63) is 71.0 Å². The van der Waals surface area contributed by atoms with Crippen molar-refractivity contribution in [3.63, 3.8) is 0 Å².